The van der Waals surface area contributed by atoms with Gasteiger partial charge in [0.25, 0.3) is 0 Å². The van der Waals surface area contributed by atoms with Crippen LogP contribution in [0.4, 0.5) is 0 Å². The minimum atomic E-state index is -0.562. The number of carbonyl (C=O) groups is 2. The molecule has 0 saturated heterocycles. The van der Waals surface area contributed by atoms with E-state index in [1.54, 1.807) is 0 Å². The van der Waals surface area contributed by atoms with E-state index in [1.807, 2.05) is 0 Å². The second-order valence-electron chi connectivity index (χ2n) is 2.02. The Balaban J connectivity index is 3.21. The van der Waals surface area contributed by atoms with Crippen molar-refractivity contribution in [1.29, 1.82) is 0 Å². The van der Waals surface area contributed by atoms with Crippen molar-refractivity contribution in [2.45, 2.75) is 0 Å². The van der Waals surface area contributed by atoms with Gasteiger partial charge in [0.05, 0.1) is 0 Å². The maximum absolute atomic E-state index is 10.4. The summed E-state index contributed by atoms with van der Waals surface area (Å²) in [6.07, 6.45) is 0. The molecular formula is C6H12N2O4. The zero-order valence-electron chi connectivity index (χ0n) is 6.54. The van der Waals surface area contributed by atoms with Crippen molar-refractivity contribution in [2.24, 2.45) is 0 Å². The van der Waals surface area contributed by atoms with Crippen molar-refractivity contribution in [3.05, 3.63) is 0 Å². The molecule has 0 aromatic carbocycles. The molecular weight excluding hydrogens is 164 g/mol. The van der Waals surface area contributed by atoms with Crippen LogP contribution in [0.15, 0.2) is 0 Å². The van der Waals surface area contributed by atoms with Crippen LogP contribution in [0, 0.1) is 0 Å². The fourth-order valence-corrected chi connectivity index (χ4v) is 0.516. The van der Waals surface area contributed by atoms with E-state index in [-0.39, 0.29) is 13.1 Å². The predicted molar refractivity (Wildman–Crippen MR) is 40.2 cm³/mol. The predicted octanol–water partition coefficient (Wildman–Crippen LogP) is -2.80. The van der Waals surface area contributed by atoms with Gasteiger partial charge in [-0.1, -0.05) is 0 Å². The Hall–Kier alpha value is -1.14. The number of aliphatic hydroxyl groups excluding tert-OH is 2. The summed E-state index contributed by atoms with van der Waals surface area (Å²) in [6.45, 7) is -0.641. The summed E-state index contributed by atoms with van der Waals surface area (Å²) >= 11 is 0. The average molecular weight is 176 g/mol. The van der Waals surface area contributed by atoms with E-state index >= 15 is 0 Å². The van der Waals surface area contributed by atoms with Crippen LogP contribution in [-0.2, 0) is 9.59 Å². The van der Waals surface area contributed by atoms with Crippen LogP contribution in [0.5, 0.6) is 0 Å². The number of carbonyl (C=O) groups excluding carboxylic acids is 2. The second-order valence-corrected chi connectivity index (χ2v) is 2.02. The number of aliphatic hydroxyl groups is 2. The van der Waals surface area contributed by atoms with Crippen LogP contribution in [0.2, 0.25) is 0 Å². The molecule has 4 N–H and O–H groups in total. The van der Waals surface area contributed by atoms with Crippen molar-refractivity contribution in [3.63, 3.8) is 0 Å². The highest BCUT2D eigenvalue weighted by atomic mass is 16.3. The van der Waals surface area contributed by atoms with Gasteiger partial charge in [-0.25, -0.2) is 0 Å². The van der Waals surface area contributed by atoms with Gasteiger partial charge in [0, 0.05) is 13.1 Å². The first-order chi connectivity index (χ1) is 5.70. The third kappa shape index (κ3) is 5.63. The Labute approximate surface area is 69.6 Å². The summed E-state index contributed by atoms with van der Waals surface area (Å²) in [4.78, 5) is 20.8. The van der Waals surface area contributed by atoms with Crippen LogP contribution >= 0.6 is 0 Å². The SMILES string of the molecule is O=C(CO)NCCNC(=O)CO. The summed E-state index contributed by atoms with van der Waals surface area (Å²) < 4.78 is 0. The first-order valence-corrected chi connectivity index (χ1v) is 3.45. The Morgan fingerprint density at radius 2 is 1.25 bits per heavy atom. The molecule has 0 aliphatic carbocycles. The van der Waals surface area contributed by atoms with E-state index in [1.165, 1.54) is 0 Å². The molecule has 0 bridgehead atoms. The zero-order chi connectivity index (χ0) is 9.40. The lowest BCUT2D eigenvalue weighted by Gasteiger charge is -2.03. The number of nitrogens with one attached hydrogen (secondary N) is 2. The summed E-state index contributed by atoms with van der Waals surface area (Å²) in [6, 6.07) is 0. The largest absolute Gasteiger partial charge is 0.387 e. The Morgan fingerprint density at radius 3 is 1.50 bits per heavy atom. The lowest BCUT2D eigenvalue weighted by Crippen LogP contribution is -2.36. The zero-order valence-corrected chi connectivity index (χ0v) is 6.54. The minimum absolute atomic E-state index is 0.241. The minimum Gasteiger partial charge on any atom is -0.387 e. The van der Waals surface area contributed by atoms with E-state index in [0.29, 0.717) is 0 Å². The first kappa shape index (κ1) is 10.9. The number of amides is 2. The summed E-state index contributed by atoms with van der Waals surface area (Å²) in [5.41, 5.74) is 0. The molecule has 0 saturated carbocycles. The van der Waals surface area contributed by atoms with Gasteiger partial charge >= 0.3 is 0 Å². The normalized spacial score (nSPS) is 9.17. The third-order valence-corrected chi connectivity index (χ3v) is 1.06. The molecule has 0 heterocycles. The number of hydrogen-bond acceptors (Lipinski definition) is 4. The van der Waals surface area contributed by atoms with Gasteiger partial charge in [-0.15, -0.1) is 0 Å². The Bertz CT molecular complexity index is 142. The molecule has 0 spiro atoms. The van der Waals surface area contributed by atoms with Crippen molar-refractivity contribution >= 4 is 11.8 Å². The Kier molecular flexibility index (Phi) is 5.94. The van der Waals surface area contributed by atoms with E-state index in [2.05, 4.69) is 10.6 Å². The number of hydrogen-bond donors (Lipinski definition) is 4. The summed E-state index contributed by atoms with van der Waals surface area (Å²) in [7, 11) is 0. The maximum Gasteiger partial charge on any atom is 0.245 e. The molecule has 0 atom stereocenters. The van der Waals surface area contributed by atoms with Gasteiger partial charge in [-0.2, -0.15) is 0 Å². The first-order valence-electron chi connectivity index (χ1n) is 3.45. The molecule has 70 valence electrons. The molecule has 0 fully saturated rings. The van der Waals surface area contributed by atoms with Gasteiger partial charge in [0.1, 0.15) is 13.2 Å². The van der Waals surface area contributed by atoms with Crippen LogP contribution in [0.25, 0.3) is 0 Å². The van der Waals surface area contributed by atoms with Crippen molar-refractivity contribution in [1.82, 2.24) is 10.6 Å². The molecule has 0 radical (unpaired) electrons. The lowest BCUT2D eigenvalue weighted by atomic mass is 10.5. The van der Waals surface area contributed by atoms with Gasteiger partial charge in [-0.3, -0.25) is 9.59 Å². The highest BCUT2D eigenvalue weighted by Gasteiger charge is 1.98. The summed E-state index contributed by atoms with van der Waals surface area (Å²) in [5.74, 6) is -0.985. The van der Waals surface area contributed by atoms with Gasteiger partial charge in [-0.05, 0) is 0 Å². The fourth-order valence-electron chi connectivity index (χ4n) is 0.516. The maximum atomic E-state index is 10.4. The van der Waals surface area contributed by atoms with Crippen LogP contribution in [0.1, 0.15) is 0 Å². The smallest absolute Gasteiger partial charge is 0.245 e. The summed E-state index contributed by atoms with van der Waals surface area (Å²) in [5, 5.41) is 21.2. The molecule has 6 heteroatoms. The molecule has 0 unspecified atom stereocenters. The fraction of sp³-hybridized carbons (Fsp3) is 0.667. The van der Waals surface area contributed by atoms with Gasteiger partial charge in [0.15, 0.2) is 0 Å². The van der Waals surface area contributed by atoms with Crippen LogP contribution in [0.3, 0.4) is 0 Å². The molecule has 0 aromatic rings. The van der Waals surface area contributed by atoms with E-state index in [4.69, 9.17) is 10.2 Å². The monoisotopic (exact) mass is 176 g/mol. The third-order valence-electron chi connectivity index (χ3n) is 1.06. The molecule has 12 heavy (non-hydrogen) atoms. The van der Waals surface area contributed by atoms with E-state index in [0.717, 1.165) is 0 Å². The molecule has 0 aliphatic heterocycles. The highest BCUT2D eigenvalue weighted by molar-refractivity contribution is 5.78. The molecule has 2 amide bonds. The quantitative estimate of drug-likeness (QED) is 0.340. The van der Waals surface area contributed by atoms with Crippen LogP contribution in [-0.4, -0.2) is 48.3 Å². The molecule has 0 rings (SSSR count). The van der Waals surface area contributed by atoms with Gasteiger partial charge < -0.3 is 20.8 Å². The Morgan fingerprint density at radius 1 is 0.917 bits per heavy atom. The lowest BCUT2D eigenvalue weighted by molar-refractivity contribution is -0.125. The topological polar surface area (TPSA) is 98.7 Å². The highest BCUT2D eigenvalue weighted by Crippen LogP contribution is 1.64. The molecule has 0 aliphatic rings. The van der Waals surface area contributed by atoms with Crippen LogP contribution < -0.4 is 10.6 Å². The standard InChI is InChI=1S/C6H12N2O4/c9-3-5(11)7-1-2-8-6(12)4-10/h9-10H,1-4H2,(H,7,11)(H,8,12). The van der Waals surface area contributed by atoms with E-state index < -0.39 is 25.0 Å². The number of rotatable bonds is 5. The van der Waals surface area contributed by atoms with E-state index in [9.17, 15) is 9.59 Å². The molecule has 6 nitrogen and oxygen atoms in total. The van der Waals surface area contributed by atoms with Crippen molar-refractivity contribution < 1.29 is 19.8 Å². The average Bonchev–Trinajstić information content (AvgIpc) is 2.11. The molecule has 0 aromatic heterocycles. The van der Waals surface area contributed by atoms with Crippen molar-refractivity contribution in [3.8, 4) is 0 Å². The van der Waals surface area contributed by atoms with Gasteiger partial charge in [0.2, 0.25) is 11.8 Å². The second kappa shape index (κ2) is 6.56. The van der Waals surface area contributed by atoms with Crippen molar-refractivity contribution in [2.75, 3.05) is 26.3 Å².